The van der Waals surface area contributed by atoms with Crippen LogP contribution in [0.2, 0.25) is 0 Å². The first-order valence-corrected chi connectivity index (χ1v) is 9.20. The maximum absolute atomic E-state index is 13.0. The van der Waals surface area contributed by atoms with Crippen LogP contribution in [0, 0.1) is 6.92 Å². The standard InChI is InChI=1S/C20H21F3N4O/c1-11-6-13(20(21,22)23)7-17(28)18(11)15-8-16-19(26-25-15)14(10-27(16)2)12-4-3-5-24-9-12/h6-8,10,12,24,28H,3-5,9H2,1-2H3. The summed E-state index contributed by atoms with van der Waals surface area (Å²) >= 11 is 0. The predicted octanol–water partition coefficient (Wildman–Crippen LogP) is 4.14. The van der Waals surface area contributed by atoms with E-state index in [0.29, 0.717) is 17.2 Å². The lowest BCUT2D eigenvalue weighted by Crippen LogP contribution is -2.28. The molecule has 0 saturated carbocycles. The summed E-state index contributed by atoms with van der Waals surface area (Å²) < 4.78 is 40.9. The lowest BCUT2D eigenvalue weighted by atomic mass is 9.93. The number of piperidine rings is 1. The van der Waals surface area contributed by atoms with E-state index in [1.54, 1.807) is 6.07 Å². The van der Waals surface area contributed by atoms with Crippen LogP contribution in [-0.2, 0) is 13.2 Å². The van der Waals surface area contributed by atoms with Crippen molar-refractivity contribution in [2.75, 3.05) is 13.1 Å². The number of phenols is 1. The van der Waals surface area contributed by atoms with Crippen LogP contribution in [-0.4, -0.2) is 33.0 Å². The Balaban J connectivity index is 1.80. The molecule has 0 aliphatic carbocycles. The number of aromatic hydroxyl groups is 1. The quantitative estimate of drug-likeness (QED) is 0.691. The summed E-state index contributed by atoms with van der Waals surface area (Å²) in [6.45, 7) is 3.44. The third kappa shape index (κ3) is 3.22. The molecule has 5 nitrogen and oxygen atoms in total. The second-order valence-corrected chi connectivity index (χ2v) is 7.39. The Labute approximate surface area is 160 Å². The van der Waals surface area contributed by atoms with Crippen LogP contribution >= 0.6 is 0 Å². The van der Waals surface area contributed by atoms with Gasteiger partial charge < -0.3 is 15.0 Å². The molecule has 1 aromatic carbocycles. The van der Waals surface area contributed by atoms with E-state index in [2.05, 4.69) is 15.5 Å². The Morgan fingerprint density at radius 3 is 2.64 bits per heavy atom. The smallest absolute Gasteiger partial charge is 0.416 e. The van der Waals surface area contributed by atoms with Crippen LogP contribution in [0.1, 0.15) is 35.4 Å². The lowest BCUT2D eigenvalue weighted by Gasteiger charge is -2.21. The Hall–Kier alpha value is -2.61. The molecule has 1 fully saturated rings. The van der Waals surface area contributed by atoms with Crippen LogP contribution < -0.4 is 5.32 Å². The Morgan fingerprint density at radius 1 is 1.21 bits per heavy atom. The number of benzene rings is 1. The van der Waals surface area contributed by atoms with Crippen molar-refractivity contribution < 1.29 is 18.3 Å². The van der Waals surface area contributed by atoms with E-state index in [9.17, 15) is 18.3 Å². The topological polar surface area (TPSA) is 63.0 Å². The van der Waals surface area contributed by atoms with Crippen molar-refractivity contribution in [2.45, 2.75) is 31.9 Å². The number of phenolic OH excluding ortho intramolecular Hbond substituents is 1. The van der Waals surface area contributed by atoms with Gasteiger partial charge in [0.25, 0.3) is 0 Å². The van der Waals surface area contributed by atoms with Gasteiger partial charge in [0, 0.05) is 36.8 Å². The van der Waals surface area contributed by atoms with E-state index in [1.165, 1.54) is 6.92 Å². The molecule has 1 aliphatic heterocycles. The zero-order chi connectivity index (χ0) is 20.1. The fourth-order valence-electron chi connectivity index (χ4n) is 4.00. The van der Waals surface area contributed by atoms with Crippen molar-refractivity contribution in [2.24, 2.45) is 7.05 Å². The van der Waals surface area contributed by atoms with Gasteiger partial charge in [-0.15, -0.1) is 10.2 Å². The molecule has 148 valence electrons. The molecule has 0 bridgehead atoms. The SMILES string of the molecule is Cc1cc(C(F)(F)F)cc(O)c1-c1cc2c(nn1)c(C1CCCNC1)cn2C. The molecular weight excluding hydrogens is 369 g/mol. The minimum absolute atomic E-state index is 0.268. The third-order valence-corrected chi connectivity index (χ3v) is 5.39. The highest BCUT2D eigenvalue weighted by Crippen LogP contribution is 2.39. The number of alkyl halides is 3. The van der Waals surface area contributed by atoms with Gasteiger partial charge in [-0.1, -0.05) is 0 Å². The summed E-state index contributed by atoms with van der Waals surface area (Å²) in [7, 11) is 1.91. The molecule has 0 spiro atoms. The number of aromatic nitrogens is 3. The molecule has 2 N–H and O–H groups in total. The highest BCUT2D eigenvalue weighted by atomic mass is 19.4. The van der Waals surface area contributed by atoms with E-state index in [0.717, 1.165) is 54.7 Å². The molecule has 3 aromatic rings. The highest BCUT2D eigenvalue weighted by molar-refractivity contribution is 5.84. The number of halogens is 3. The van der Waals surface area contributed by atoms with Gasteiger partial charge in [-0.25, -0.2) is 0 Å². The molecule has 3 heterocycles. The molecule has 1 saturated heterocycles. The summed E-state index contributed by atoms with van der Waals surface area (Å²) in [5.41, 5.74) is 2.79. The molecule has 1 atom stereocenters. The van der Waals surface area contributed by atoms with Gasteiger partial charge in [0.05, 0.1) is 16.8 Å². The highest BCUT2D eigenvalue weighted by Gasteiger charge is 2.32. The van der Waals surface area contributed by atoms with Crippen LogP contribution in [0.5, 0.6) is 5.75 Å². The lowest BCUT2D eigenvalue weighted by molar-refractivity contribution is -0.137. The number of hydrogen-bond donors (Lipinski definition) is 2. The van der Waals surface area contributed by atoms with E-state index in [1.807, 2.05) is 17.8 Å². The largest absolute Gasteiger partial charge is 0.507 e. The first-order valence-electron chi connectivity index (χ1n) is 9.20. The second-order valence-electron chi connectivity index (χ2n) is 7.39. The fraction of sp³-hybridized carbons (Fsp3) is 0.400. The molecule has 1 aliphatic rings. The number of rotatable bonds is 2. The summed E-state index contributed by atoms with van der Waals surface area (Å²) in [6.07, 6.45) is -0.294. The maximum Gasteiger partial charge on any atom is 0.416 e. The van der Waals surface area contributed by atoms with Gasteiger partial charge in [-0.3, -0.25) is 0 Å². The van der Waals surface area contributed by atoms with Gasteiger partial charge in [0.15, 0.2) is 0 Å². The maximum atomic E-state index is 13.0. The fourth-order valence-corrected chi connectivity index (χ4v) is 4.00. The first-order chi connectivity index (χ1) is 13.3. The van der Waals surface area contributed by atoms with Crippen molar-refractivity contribution >= 4 is 11.0 Å². The molecule has 0 radical (unpaired) electrons. The van der Waals surface area contributed by atoms with Gasteiger partial charge in [0.1, 0.15) is 11.3 Å². The summed E-state index contributed by atoms with van der Waals surface area (Å²) in [5, 5.41) is 22.3. The van der Waals surface area contributed by atoms with Gasteiger partial charge in [0.2, 0.25) is 0 Å². The third-order valence-electron chi connectivity index (χ3n) is 5.39. The minimum atomic E-state index is -4.52. The van der Waals surface area contributed by atoms with Crippen molar-refractivity contribution in [3.05, 3.63) is 41.1 Å². The van der Waals surface area contributed by atoms with Crippen LogP contribution in [0.25, 0.3) is 22.3 Å². The molecule has 2 aromatic heterocycles. The van der Waals surface area contributed by atoms with Gasteiger partial charge >= 0.3 is 6.18 Å². The van der Waals surface area contributed by atoms with Crippen molar-refractivity contribution in [3.63, 3.8) is 0 Å². The van der Waals surface area contributed by atoms with Gasteiger partial charge in [-0.2, -0.15) is 13.2 Å². The van der Waals surface area contributed by atoms with E-state index in [-0.39, 0.29) is 5.56 Å². The number of nitrogens with zero attached hydrogens (tertiary/aromatic N) is 3. The van der Waals surface area contributed by atoms with Crippen molar-refractivity contribution in [1.82, 2.24) is 20.1 Å². The number of nitrogens with one attached hydrogen (secondary N) is 1. The Morgan fingerprint density at radius 2 is 2.00 bits per heavy atom. The zero-order valence-electron chi connectivity index (χ0n) is 15.6. The predicted molar refractivity (Wildman–Crippen MR) is 100 cm³/mol. The monoisotopic (exact) mass is 390 g/mol. The Kier molecular flexibility index (Phi) is 4.53. The average Bonchev–Trinajstić information content (AvgIpc) is 2.97. The van der Waals surface area contributed by atoms with E-state index >= 15 is 0 Å². The van der Waals surface area contributed by atoms with Crippen LogP contribution in [0.15, 0.2) is 24.4 Å². The average molecular weight is 390 g/mol. The van der Waals surface area contributed by atoms with Crippen molar-refractivity contribution in [1.29, 1.82) is 0 Å². The first kappa shape index (κ1) is 18.7. The molecule has 4 rings (SSSR count). The zero-order valence-corrected chi connectivity index (χ0v) is 15.6. The Bertz CT molecular complexity index is 1010. The van der Waals surface area contributed by atoms with Crippen LogP contribution in [0.4, 0.5) is 13.2 Å². The summed E-state index contributed by atoms with van der Waals surface area (Å²) in [4.78, 5) is 0. The molecule has 0 amide bonds. The normalized spacial score (nSPS) is 18.0. The van der Waals surface area contributed by atoms with E-state index < -0.39 is 17.5 Å². The number of hydrogen-bond acceptors (Lipinski definition) is 4. The minimum Gasteiger partial charge on any atom is -0.507 e. The molecule has 1 unspecified atom stereocenters. The van der Waals surface area contributed by atoms with Crippen molar-refractivity contribution in [3.8, 4) is 17.0 Å². The molecule has 8 heteroatoms. The summed E-state index contributed by atoms with van der Waals surface area (Å²) in [5.74, 6) is -0.0919. The number of aryl methyl sites for hydroxylation is 2. The summed E-state index contributed by atoms with van der Waals surface area (Å²) in [6, 6.07) is 3.53. The molecule has 28 heavy (non-hydrogen) atoms. The number of fused-ring (bicyclic) bond motifs is 1. The molecular formula is C20H21F3N4O. The van der Waals surface area contributed by atoms with E-state index in [4.69, 9.17) is 0 Å². The van der Waals surface area contributed by atoms with Crippen LogP contribution in [0.3, 0.4) is 0 Å². The second kappa shape index (κ2) is 6.77. The van der Waals surface area contributed by atoms with Gasteiger partial charge in [-0.05, 0) is 50.1 Å².